The van der Waals surface area contributed by atoms with Crippen LogP contribution in [0.15, 0.2) is 12.5 Å². The summed E-state index contributed by atoms with van der Waals surface area (Å²) in [5.74, 6) is 0.843. The second-order valence-electron chi connectivity index (χ2n) is 3.65. The van der Waals surface area contributed by atoms with Crippen molar-refractivity contribution in [3.8, 4) is 0 Å². The molecule has 0 fully saturated rings. The minimum Gasteiger partial charge on any atom is -0.369 e. The van der Waals surface area contributed by atoms with Gasteiger partial charge in [0.1, 0.15) is 12.1 Å². The fourth-order valence-electron chi connectivity index (χ4n) is 1.58. The van der Waals surface area contributed by atoms with Crippen LogP contribution in [-0.2, 0) is 7.05 Å². The quantitative estimate of drug-likeness (QED) is 0.718. The summed E-state index contributed by atoms with van der Waals surface area (Å²) in [5, 5.41) is 8.39. The smallest absolute Gasteiger partial charge is 0.163 e. The Labute approximate surface area is 93.9 Å². The molecule has 0 atom stereocenters. The standard InChI is InChI=1S/C10H16N6/c1-16-10-8(6-15-16)9(13-7-14-10)12-5-3-2-4-11/h6-7H,2-5,11H2,1H3,(H,12,13,14). The van der Waals surface area contributed by atoms with Gasteiger partial charge in [-0.3, -0.25) is 4.68 Å². The number of nitrogens with zero attached hydrogens (tertiary/aromatic N) is 4. The van der Waals surface area contributed by atoms with Gasteiger partial charge in [0.05, 0.1) is 11.6 Å². The maximum Gasteiger partial charge on any atom is 0.163 e. The number of hydrogen-bond acceptors (Lipinski definition) is 5. The number of hydrogen-bond donors (Lipinski definition) is 2. The predicted octanol–water partition coefficient (Wildman–Crippen LogP) is 0.514. The van der Waals surface area contributed by atoms with Crippen molar-refractivity contribution in [1.29, 1.82) is 0 Å². The van der Waals surface area contributed by atoms with Gasteiger partial charge in [0.2, 0.25) is 0 Å². The molecule has 2 rings (SSSR count). The Kier molecular flexibility index (Phi) is 3.31. The van der Waals surface area contributed by atoms with Gasteiger partial charge in [-0.1, -0.05) is 0 Å². The summed E-state index contributed by atoms with van der Waals surface area (Å²) in [7, 11) is 1.87. The van der Waals surface area contributed by atoms with Crippen molar-refractivity contribution in [2.45, 2.75) is 12.8 Å². The average Bonchev–Trinajstić information content (AvgIpc) is 2.68. The lowest BCUT2D eigenvalue weighted by Crippen LogP contribution is -2.07. The van der Waals surface area contributed by atoms with E-state index in [0.29, 0.717) is 0 Å². The van der Waals surface area contributed by atoms with Gasteiger partial charge in [0.15, 0.2) is 5.65 Å². The molecule has 0 bridgehead atoms. The molecule has 0 radical (unpaired) electrons. The highest BCUT2D eigenvalue weighted by molar-refractivity contribution is 5.85. The zero-order chi connectivity index (χ0) is 11.4. The monoisotopic (exact) mass is 220 g/mol. The molecule has 0 amide bonds. The molecule has 0 aliphatic rings. The summed E-state index contributed by atoms with van der Waals surface area (Å²) >= 11 is 0. The van der Waals surface area contributed by atoms with Crippen molar-refractivity contribution >= 4 is 16.9 Å². The molecule has 16 heavy (non-hydrogen) atoms. The van der Waals surface area contributed by atoms with Crippen LogP contribution in [0.5, 0.6) is 0 Å². The summed E-state index contributed by atoms with van der Waals surface area (Å²) in [6.45, 7) is 1.60. The van der Waals surface area contributed by atoms with E-state index in [0.717, 1.165) is 42.8 Å². The van der Waals surface area contributed by atoms with Crippen LogP contribution in [0.3, 0.4) is 0 Å². The Morgan fingerprint density at radius 1 is 1.38 bits per heavy atom. The highest BCUT2D eigenvalue weighted by Gasteiger charge is 2.06. The average molecular weight is 220 g/mol. The van der Waals surface area contributed by atoms with Gasteiger partial charge >= 0.3 is 0 Å². The highest BCUT2D eigenvalue weighted by Crippen LogP contribution is 2.17. The van der Waals surface area contributed by atoms with E-state index in [1.54, 1.807) is 17.2 Å². The highest BCUT2D eigenvalue weighted by atomic mass is 15.3. The van der Waals surface area contributed by atoms with Gasteiger partial charge in [-0.25, -0.2) is 9.97 Å². The van der Waals surface area contributed by atoms with Crippen molar-refractivity contribution in [1.82, 2.24) is 19.7 Å². The second-order valence-corrected chi connectivity index (χ2v) is 3.65. The van der Waals surface area contributed by atoms with Crippen LogP contribution in [0.4, 0.5) is 5.82 Å². The van der Waals surface area contributed by atoms with Crippen molar-refractivity contribution < 1.29 is 0 Å². The molecule has 3 N–H and O–H groups in total. The molecule has 6 heteroatoms. The molecular formula is C10H16N6. The largest absolute Gasteiger partial charge is 0.369 e. The third-order valence-electron chi connectivity index (χ3n) is 2.45. The number of nitrogens with one attached hydrogen (secondary N) is 1. The fraction of sp³-hybridized carbons (Fsp3) is 0.500. The van der Waals surface area contributed by atoms with E-state index in [4.69, 9.17) is 5.73 Å². The van der Waals surface area contributed by atoms with Crippen LogP contribution in [0.25, 0.3) is 11.0 Å². The molecule has 0 spiro atoms. The van der Waals surface area contributed by atoms with E-state index in [9.17, 15) is 0 Å². The third kappa shape index (κ3) is 2.11. The molecule has 0 aliphatic carbocycles. The number of rotatable bonds is 5. The molecule has 2 heterocycles. The molecular weight excluding hydrogens is 204 g/mol. The van der Waals surface area contributed by atoms with Gasteiger partial charge in [-0.05, 0) is 19.4 Å². The summed E-state index contributed by atoms with van der Waals surface area (Å²) in [6, 6.07) is 0. The Morgan fingerprint density at radius 3 is 3.06 bits per heavy atom. The fourth-order valence-corrected chi connectivity index (χ4v) is 1.58. The van der Waals surface area contributed by atoms with E-state index in [-0.39, 0.29) is 0 Å². The number of fused-ring (bicyclic) bond motifs is 1. The first-order valence-electron chi connectivity index (χ1n) is 5.39. The van der Waals surface area contributed by atoms with Gasteiger partial charge in [0.25, 0.3) is 0 Å². The normalized spacial score (nSPS) is 10.9. The molecule has 0 unspecified atom stereocenters. The van der Waals surface area contributed by atoms with Gasteiger partial charge in [-0.15, -0.1) is 0 Å². The first-order valence-corrected chi connectivity index (χ1v) is 5.39. The minimum absolute atomic E-state index is 0.730. The maximum absolute atomic E-state index is 5.44. The first-order chi connectivity index (χ1) is 7.83. The molecule has 0 saturated carbocycles. The summed E-state index contributed by atoms with van der Waals surface area (Å²) in [5.41, 5.74) is 6.28. The zero-order valence-corrected chi connectivity index (χ0v) is 9.35. The molecule has 86 valence electrons. The van der Waals surface area contributed by atoms with Crippen molar-refractivity contribution in [2.75, 3.05) is 18.4 Å². The lowest BCUT2D eigenvalue weighted by molar-refractivity contribution is 0.772. The van der Waals surface area contributed by atoms with Crippen LogP contribution in [0.2, 0.25) is 0 Å². The topological polar surface area (TPSA) is 81.7 Å². The van der Waals surface area contributed by atoms with E-state index >= 15 is 0 Å². The molecule has 6 nitrogen and oxygen atoms in total. The molecule has 2 aromatic rings. The molecule has 0 aliphatic heterocycles. The number of aryl methyl sites for hydroxylation is 1. The van der Waals surface area contributed by atoms with Crippen LogP contribution in [0, 0.1) is 0 Å². The van der Waals surface area contributed by atoms with E-state index in [2.05, 4.69) is 20.4 Å². The Hall–Kier alpha value is -1.69. The molecule has 2 aromatic heterocycles. The summed E-state index contributed by atoms with van der Waals surface area (Å²) in [6.07, 6.45) is 5.40. The Morgan fingerprint density at radius 2 is 2.25 bits per heavy atom. The Bertz CT molecular complexity index is 463. The van der Waals surface area contributed by atoms with Crippen LogP contribution in [-0.4, -0.2) is 32.8 Å². The maximum atomic E-state index is 5.44. The number of anilines is 1. The van der Waals surface area contributed by atoms with Crippen molar-refractivity contribution in [3.05, 3.63) is 12.5 Å². The van der Waals surface area contributed by atoms with E-state index in [1.165, 1.54) is 0 Å². The number of nitrogens with two attached hydrogens (primary N) is 1. The zero-order valence-electron chi connectivity index (χ0n) is 9.35. The lowest BCUT2D eigenvalue weighted by Gasteiger charge is -2.05. The SMILES string of the molecule is Cn1ncc2c(NCCCCN)ncnc21. The lowest BCUT2D eigenvalue weighted by atomic mass is 10.3. The van der Waals surface area contributed by atoms with Gasteiger partial charge < -0.3 is 11.1 Å². The summed E-state index contributed by atoms with van der Waals surface area (Å²) < 4.78 is 1.74. The van der Waals surface area contributed by atoms with Gasteiger partial charge in [-0.2, -0.15) is 5.10 Å². The Balaban J connectivity index is 2.11. The first kappa shape index (κ1) is 10.8. The molecule has 0 saturated heterocycles. The third-order valence-corrected chi connectivity index (χ3v) is 2.45. The van der Waals surface area contributed by atoms with E-state index < -0.39 is 0 Å². The minimum atomic E-state index is 0.730. The van der Waals surface area contributed by atoms with Gasteiger partial charge in [0, 0.05) is 13.6 Å². The number of unbranched alkanes of at least 4 members (excludes halogenated alkanes) is 1. The summed E-state index contributed by atoms with van der Waals surface area (Å²) in [4.78, 5) is 8.39. The number of aromatic nitrogens is 4. The molecule has 0 aromatic carbocycles. The van der Waals surface area contributed by atoms with Crippen molar-refractivity contribution in [3.63, 3.8) is 0 Å². The predicted molar refractivity (Wildman–Crippen MR) is 63.1 cm³/mol. The van der Waals surface area contributed by atoms with Crippen LogP contribution < -0.4 is 11.1 Å². The van der Waals surface area contributed by atoms with Crippen LogP contribution in [0.1, 0.15) is 12.8 Å². The van der Waals surface area contributed by atoms with Crippen molar-refractivity contribution in [2.24, 2.45) is 12.8 Å². The second kappa shape index (κ2) is 4.89. The van der Waals surface area contributed by atoms with Crippen LogP contribution >= 0.6 is 0 Å². The van der Waals surface area contributed by atoms with E-state index in [1.807, 2.05) is 7.05 Å².